The Labute approximate surface area is 151 Å². The van der Waals surface area contributed by atoms with E-state index in [1.807, 2.05) is 18.2 Å². The van der Waals surface area contributed by atoms with Gasteiger partial charge in [0.15, 0.2) is 0 Å². The van der Waals surface area contributed by atoms with Gasteiger partial charge in [-0.3, -0.25) is 4.79 Å². The second kappa shape index (κ2) is 8.71. The number of carbonyl (C=O) groups is 1. The molecule has 0 unspecified atom stereocenters. The Balaban J connectivity index is 1.53. The lowest BCUT2D eigenvalue weighted by molar-refractivity contribution is 0.0948. The van der Waals surface area contributed by atoms with Gasteiger partial charge >= 0.3 is 0 Å². The van der Waals surface area contributed by atoms with Crippen molar-refractivity contribution in [2.45, 2.75) is 12.8 Å². The number of halogens is 1. The van der Waals surface area contributed by atoms with E-state index in [9.17, 15) is 9.18 Å². The summed E-state index contributed by atoms with van der Waals surface area (Å²) in [4.78, 5) is 20.3. The maximum atomic E-state index is 13.2. The van der Waals surface area contributed by atoms with E-state index in [4.69, 9.17) is 0 Å². The van der Waals surface area contributed by atoms with Crippen LogP contribution in [0.25, 0.3) is 0 Å². The maximum Gasteiger partial charge on any atom is 0.270 e. The predicted molar refractivity (Wildman–Crippen MR) is 98.8 cm³/mol. The Morgan fingerprint density at radius 1 is 1.00 bits per heavy atom. The van der Waals surface area contributed by atoms with E-state index >= 15 is 0 Å². The highest BCUT2D eigenvalue weighted by molar-refractivity contribution is 5.92. The summed E-state index contributed by atoms with van der Waals surface area (Å²) >= 11 is 0. The molecule has 0 spiro atoms. The van der Waals surface area contributed by atoms with Gasteiger partial charge in [-0.2, -0.15) is 0 Å². The van der Waals surface area contributed by atoms with Gasteiger partial charge in [-0.25, -0.2) is 14.4 Å². The minimum Gasteiger partial charge on any atom is -0.351 e. The molecule has 3 aromatic rings. The third kappa shape index (κ3) is 5.11. The highest BCUT2D eigenvalue weighted by Crippen LogP contribution is 2.15. The van der Waals surface area contributed by atoms with Gasteiger partial charge in [0, 0.05) is 18.3 Å². The molecule has 0 saturated heterocycles. The fourth-order valence-corrected chi connectivity index (χ4v) is 2.49. The summed E-state index contributed by atoms with van der Waals surface area (Å²) in [5.74, 6) is -0.178. The third-order valence-corrected chi connectivity index (χ3v) is 3.77. The Morgan fingerprint density at radius 2 is 1.85 bits per heavy atom. The first-order chi connectivity index (χ1) is 12.7. The normalized spacial score (nSPS) is 10.3. The van der Waals surface area contributed by atoms with Gasteiger partial charge in [0.1, 0.15) is 23.7 Å². The van der Waals surface area contributed by atoms with Crippen LogP contribution in [0.3, 0.4) is 0 Å². The zero-order valence-corrected chi connectivity index (χ0v) is 14.2. The van der Waals surface area contributed by atoms with E-state index in [0.717, 1.165) is 12.8 Å². The smallest absolute Gasteiger partial charge is 0.270 e. The van der Waals surface area contributed by atoms with Crippen molar-refractivity contribution < 1.29 is 9.18 Å². The fourth-order valence-electron chi connectivity index (χ4n) is 2.49. The molecule has 2 aromatic carbocycles. The fraction of sp³-hybridized carbons (Fsp3) is 0.150. The van der Waals surface area contributed by atoms with Crippen molar-refractivity contribution in [1.29, 1.82) is 0 Å². The number of carbonyl (C=O) groups excluding carboxylic acids is 1. The summed E-state index contributed by atoms with van der Waals surface area (Å²) < 4.78 is 13.2. The summed E-state index contributed by atoms with van der Waals surface area (Å²) in [7, 11) is 0. The lowest BCUT2D eigenvalue weighted by Gasteiger charge is -2.08. The number of anilines is 2. The van der Waals surface area contributed by atoms with Crippen molar-refractivity contribution >= 4 is 17.4 Å². The molecule has 3 rings (SSSR count). The Hall–Kier alpha value is -3.28. The van der Waals surface area contributed by atoms with E-state index in [1.54, 1.807) is 12.1 Å². The zero-order valence-electron chi connectivity index (χ0n) is 14.2. The first-order valence-corrected chi connectivity index (χ1v) is 8.37. The van der Waals surface area contributed by atoms with Gasteiger partial charge in [0.25, 0.3) is 5.91 Å². The summed E-state index contributed by atoms with van der Waals surface area (Å²) in [5.41, 5.74) is 2.06. The summed E-state index contributed by atoms with van der Waals surface area (Å²) in [6.45, 7) is 0.560. The first-order valence-electron chi connectivity index (χ1n) is 8.37. The number of rotatable bonds is 7. The van der Waals surface area contributed by atoms with Gasteiger partial charge in [-0.1, -0.05) is 36.4 Å². The quantitative estimate of drug-likeness (QED) is 0.637. The second-order valence-corrected chi connectivity index (χ2v) is 5.77. The number of hydrogen-bond donors (Lipinski definition) is 2. The molecule has 0 aliphatic carbocycles. The average Bonchev–Trinajstić information content (AvgIpc) is 2.66. The van der Waals surface area contributed by atoms with Crippen molar-refractivity contribution in [3.63, 3.8) is 0 Å². The van der Waals surface area contributed by atoms with Crippen LogP contribution in [0.2, 0.25) is 0 Å². The molecule has 6 heteroatoms. The van der Waals surface area contributed by atoms with Crippen LogP contribution in [-0.4, -0.2) is 22.4 Å². The standard InChI is InChI=1S/C20H19FN4O/c21-16-9-4-10-17(12-16)25-19-13-18(23-14-24-19)20(26)22-11-5-8-15-6-2-1-3-7-15/h1-4,6-7,9-10,12-14H,5,8,11H2,(H,22,26)(H,23,24,25). The van der Waals surface area contributed by atoms with Gasteiger partial charge in [-0.05, 0) is 36.6 Å². The van der Waals surface area contributed by atoms with Crippen LogP contribution < -0.4 is 10.6 Å². The van der Waals surface area contributed by atoms with Crippen LogP contribution in [0.1, 0.15) is 22.5 Å². The van der Waals surface area contributed by atoms with Crippen molar-refractivity contribution in [3.05, 3.63) is 84.1 Å². The van der Waals surface area contributed by atoms with Crippen molar-refractivity contribution in [2.75, 3.05) is 11.9 Å². The van der Waals surface area contributed by atoms with Crippen LogP contribution >= 0.6 is 0 Å². The molecule has 2 N–H and O–H groups in total. The number of amides is 1. The second-order valence-electron chi connectivity index (χ2n) is 5.77. The molecule has 0 radical (unpaired) electrons. The number of benzene rings is 2. The molecule has 132 valence electrons. The molecule has 0 fully saturated rings. The van der Waals surface area contributed by atoms with Crippen LogP contribution in [0.5, 0.6) is 0 Å². The molecule has 0 saturated carbocycles. The first kappa shape index (κ1) is 17.5. The van der Waals surface area contributed by atoms with Gasteiger partial charge in [0.2, 0.25) is 0 Å². The molecule has 0 bridgehead atoms. The van der Waals surface area contributed by atoms with Gasteiger partial charge in [0.05, 0.1) is 0 Å². The number of aryl methyl sites for hydroxylation is 1. The molecule has 26 heavy (non-hydrogen) atoms. The highest BCUT2D eigenvalue weighted by atomic mass is 19.1. The SMILES string of the molecule is O=C(NCCCc1ccccc1)c1cc(Nc2cccc(F)c2)ncn1. The minimum absolute atomic E-state index is 0.261. The molecule has 1 heterocycles. The number of nitrogens with one attached hydrogen (secondary N) is 2. The number of hydrogen-bond acceptors (Lipinski definition) is 4. The van der Waals surface area contributed by atoms with Crippen molar-refractivity contribution in [3.8, 4) is 0 Å². The minimum atomic E-state index is -0.347. The number of nitrogens with zero attached hydrogens (tertiary/aromatic N) is 2. The van der Waals surface area contributed by atoms with E-state index in [-0.39, 0.29) is 17.4 Å². The average molecular weight is 350 g/mol. The van der Waals surface area contributed by atoms with E-state index in [2.05, 4.69) is 32.7 Å². The highest BCUT2D eigenvalue weighted by Gasteiger charge is 2.08. The Kier molecular flexibility index (Phi) is 5.88. The van der Waals surface area contributed by atoms with Crippen LogP contribution in [-0.2, 0) is 6.42 Å². The van der Waals surface area contributed by atoms with E-state index < -0.39 is 0 Å². The molecule has 0 aliphatic rings. The van der Waals surface area contributed by atoms with E-state index in [0.29, 0.717) is 18.1 Å². The predicted octanol–water partition coefficient (Wildman–Crippen LogP) is 3.72. The van der Waals surface area contributed by atoms with Gasteiger partial charge in [-0.15, -0.1) is 0 Å². The van der Waals surface area contributed by atoms with Crippen molar-refractivity contribution in [1.82, 2.24) is 15.3 Å². The largest absolute Gasteiger partial charge is 0.351 e. The summed E-state index contributed by atoms with van der Waals surface area (Å²) in [5, 5.41) is 5.81. The number of aromatic nitrogens is 2. The molecule has 5 nitrogen and oxygen atoms in total. The van der Waals surface area contributed by atoms with Crippen molar-refractivity contribution in [2.24, 2.45) is 0 Å². The monoisotopic (exact) mass is 350 g/mol. The van der Waals surface area contributed by atoms with E-state index in [1.165, 1.54) is 30.1 Å². The van der Waals surface area contributed by atoms with Crippen LogP contribution in [0.4, 0.5) is 15.9 Å². The molecular formula is C20H19FN4O. The van der Waals surface area contributed by atoms with Gasteiger partial charge < -0.3 is 10.6 Å². The molecule has 1 amide bonds. The third-order valence-electron chi connectivity index (χ3n) is 3.77. The molecule has 1 aromatic heterocycles. The Morgan fingerprint density at radius 3 is 2.65 bits per heavy atom. The van der Waals surface area contributed by atoms with Crippen LogP contribution in [0, 0.1) is 5.82 Å². The summed E-state index contributed by atoms with van der Waals surface area (Å²) in [6.07, 6.45) is 3.05. The molecule has 0 aliphatic heterocycles. The Bertz CT molecular complexity index is 870. The lowest BCUT2D eigenvalue weighted by atomic mass is 10.1. The molecule has 0 atom stereocenters. The van der Waals surface area contributed by atoms with Crippen LogP contribution in [0.15, 0.2) is 67.0 Å². The molecular weight excluding hydrogens is 331 g/mol. The lowest BCUT2D eigenvalue weighted by Crippen LogP contribution is -2.25. The zero-order chi connectivity index (χ0) is 18.2. The topological polar surface area (TPSA) is 66.9 Å². The maximum absolute atomic E-state index is 13.2. The summed E-state index contributed by atoms with van der Waals surface area (Å²) in [6, 6.07) is 17.7.